The molecular formula is C14H22O4. The third-order valence-corrected chi connectivity index (χ3v) is 2.73. The number of aliphatic hydroxyl groups excluding tert-OH is 2. The van der Waals surface area contributed by atoms with E-state index in [-0.39, 0.29) is 12.7 Å². The molecule has 4 nitrogen and oxygen atoms in total. The van der Waals surface area contributed by atoms with Crippen molar-refractivity contribution in [2.24, 2.45) is 0 Å². The average molecular weight is 254 g/mol. The van der Waals surface area contributed by atoms with Crippen molar-refractivity contribution >= 4 is 0 Å². The molecular weight excluding hydrogens is 232 g/mol. The van der Waals surface area contributed by atoms with Crippen molar-refractivity contribution in [3.05, 3.63) is 12.7 Å². The molecule has 0 aromatic rings. The molecule has 18 heavy (non-hydrogen) atoms. The van der Waals surface area contributed by atoms with Crippen LogP contribution in [0.1, 0.15) is 32.1 Å². The fourth-order valence-electron chi connectivity index (χ4n) is 1.68. The van der Waals surface area contributed by atoms with Gasteiger partial charge in [-0.1, -0.05) is 17.9 Å². The number of ether oxygens (including phenoxy) is 2. The van der Waals surface area contributed by atoms with Gasteiger partial charge in [0, 0.05) is 19.4 Å². The van der Waals surface area contributed by atoms with Crippen molar-refractivity contribution < 1.29 is 19.7 Å². The van der Waals surface area contributed by atoms with E-state index >= 15 is 0 Å². The molecule has 0 amide bonds. The van der Waals surface area contributed by atoms with E-state index in [0.717, 1.165) is 25.9 Å². The molecule has 2 N–H and O–H groups in total. The molecule has 0 aromatic heterocycles. The van der Waals surface area contributed by atoms with E-state index in [9.17, 15) is 10.2 Å². The predicted octanol–water partition coefficient (Wildman–Crippen LogP) is 1.22. The Bertz CT molecular complexity index is 286. The first-order valence-electron chi connectivity index (χ1n) is 6.40. The van der Waals surface area contributed by atoms with Gasteiger partial charge in [-0.05, 0) is 19.3 Å². The Kier molecular flexibility index (Phi) is 7.70. The molecule has 1 rings (SSSR count). The summed E-state index contributed by atoms with van der Waals surface area (Å²) >= 11 is 0. The SMILES string of the molecule is C=C[C@@H](O)C[C@@H](O)CC#CCOC1CCCCO1. The highest BCUT2D eigenvalue weighted by molar-refractivity contribution is 5.01. The van der Waals surface area contributed by atoms with Crippen LogP contribution in [0.4, 0.5) is 0 Å². The molecule has 0 aromatic carbocycles. The Morgan fingerprint density at radius 3 is 2.89 bits per heavy atom. The standard InChI is InChI=1S/C14H22O4/c1-2-12(15)11-13(16)7-3-5-9-17-14-8-4-6-10-18-14/h2,12-16H,1,4,6-11H2/t12-,13+,14?/m1/s1. The number of hydrogen-bond donors (Lipinski definition) is 2. The zero-order valence-electron chi connectivity index (χ0n) is 10.7. The second kappa shape index (κ2) is 9.12. The highest BCUT2D eigenvalue weighted by atomic mass is 16.7. The zero-order chi connectivity index (χ0) is 13.2. The van der Waals surface area contributed by atoms with Crippen molar-refractivity contribution in [3.8, 4) is 11.8 Å². The topological polar surface area (TPSA) is 58.9 Å². The van der Waals surface area contributed by atoms with Gasteiger partial charge in [0.2, 0.25) is 0 Å². The first kappa shape index (κ1) is 15.2. The molecule has 1 fully saturated rings. The summed E-state index contributed by atoms with van der Waals surface area (Å²) in [7, 11) is 0. The summed E-state index contributed by atoms with van der Waals surface area (Å²) < 4.78 is 10.8. The average Bonchev–Trinajstić information content (AvgIpc) is 2.39. The quantitative estimate of drug-likeness (QED) is 0.553. The van der Waals surface area contributed by atoms with Crippen LogP contribution in [-0.4, -0.2) is 41.9 Å². The molecule has 3 atom stereocenters. The molecule has 0 saturated carbocycles. The van der Waals surface area contributed by atoms with E-state index in [0.29, 0.717) is 13.0 Å². The van der Waals surface area contributed by atoms with Gasteiger partial charge in [0.05, 0.1) is 12.2 Å². The van der Waals surface area contributed by atoms with Gasteiger partial charge in [-0.15, -0.1) is 6.58 Å². The van der Waals surface area contributed by atoms with E-state index in [4.69, 9.17) is 9.47 Å². The van der Waals surface area contributed by atoms with Crippen LogP contribution in [0.25, 0.3) is 0 Å². The largest absolute Gasteiger partial charge is 0.392 e. The molecule has 1 aliphatic rings. The third-order valence-electron chi connectivity index (χ3n) is 2.73. The van der Waals surface area contributed by atoms with Gasteiger partial charge in [-0.2, -0.15) is 0 Å². The summed E-state index contributed by atoms with van der Waals surface area (Å²) in [5, 5.41) is 18.8. The first-order valence-corrected chi connectivity index (χ1v) is 6.40. The van der Waals surface area contributed by atoms with E-state index in [1.165, 1.54) is 6.08 Å². The molecule has 1 heterocycles. The minimum atomic E-state index is -0.673. The first-order chi connectivity index (χ1) is 8.72. The fraction of sp³-hybridized carbons (Fsp3) is 0.714. The van der Waals surface area contributed by atoms with Gasteiger partial charge in [-0.25, -0.2) is 0 Å². The van der Waals surface area contributed by atoms with Crippen molar-refractivity contribution in [2.45, 2.75) is 50.6 Å². The van der Waals surface area contributed by atoms with Gasteiger partial charge < -0.3 is 19.7 Å². The van der Waals surface area contributed by atoms with Gasteiger partial charge in [0.25, 0.3) is 0 Å². The summed E-state index contributed by atoms with van der Waals surface area (Å²) in [6.45, 7) is 4.53. The number of rotatable bonds is 6. The normalized spacial score (nSPS) is 22.7. The van der Waals surface area contributed by atoms with Gasteiger partial charge in [0.1, 0.15) is 6.61 Å². The molecule has 0 aliphatic carbocycles. The van der Waals surface area contributed by atoms with E-state index in [1.807, 2.05) is 0 Å². The lowest BCUT2D eigenvalue weighted by Gasteiger charge is -2.21. The van der Waals surface area contributed by atoms with Crippen LogP contribution in [-0.2, 0) is 9.47 Å². The van der Waals surface area contributed by atoms with Crippen molar-refractivity contribution in [3.63, 3.8) is 0 Å². The highest BCUT2D eigenvalue weighted by Crippen LogP contribution is 2.13. The third kappa shape index (κ3) is 6.77. The lowest BCUT2D eigenvalue weighted by Crippen LogP contribution is -2.22. The van der Waals surface area contributed by atoms with Crippen molar-refractivity contribution in [2.75, 3.05) is 13.2 Å². The van der Waals surface area contributed by atoms with Crippen molar-refractivity contribution in [1.29, 1.82) is 0 Å². The minimum absolute atomic E-state index is 0.124. The fourth-order valence-corrected chi connectivity index (χ4v) is 1.68. The van der Waals surface area contributed by atoms with Crippen LogP contribution in [0.5, 0.6) is 0 Å². The highest BCUT2D eigenvalue weighted by Gasteiger charge is 2.12. The maximum Gasteiger partial charge on any atom is 0.158 e. The minimum Gasteiger partial charge on any atom is -0.392 e. The Morgan fingerprint density at radius 2 is 2.22 bits per heavy atom. The predicted molar refractivity (Wildman–Crippen MR) is 68.8 cm³/mol. The van der Waals surface area contributed by atoms with E-state index < -0.39 is 12.2 Å². The molecule has 0 spiro atoms. The monoisotopic (exact) mass is 254 g/mol. The van der Waals surface area contributed by atoms with Crippen LogP contribution in [0.3, 0.4) is 0 Å². The van der Waals surface area contributed by atoms with Crippen LogP contribution in [0, 0.1) is 11.8 Å². The van der Waals surface area contributed by atoms with Gasteiger partial charge >= 0.3 is 0 Å². The molecule has 1 unspecified atom stereocenters. The Balaban J connectivity index is 2.07. The lowest BCUT2D eigenvalue weighted by atomic mass is 10.1. The summed E-state index contributed by atoms with van der Waals surface area (Å²) in [5.74, 6) is 5.66. The Morgan fingerprint density at radius 1 is 1.39 bits per heavy atom. The molecule has 0 radical (unpaired) electrons. The number of aliphatic hydroxyl groups is 2. The second-order valence-corrected chi connectivity index (χ2v) is 4.36. The van der Waals surface area contributed by atoms with Crippen LogP contribution >= 0.6 is 0 Å². The lowest BCUT2D eigenvalue weighted by molar-refractivity contribution is -0.154. The van der Waals surface area contributed by atoms with E-state index in [2.05, 4.69) is 18.4 Å². The molecule has 102 valence electrons. The zero-order valence-corrected chi connectivity index (χ0v) is 10.7. The molecule has 4 heteroatoms. The summed E-state index contributed by atoms with van der Waals surface area (Å²) in [6.07, 6.45) is 3.74. The van der Waals surface area contributed by atoms with Crippen LogP contribution in [0.15, 0.2) is 12.7 Å². The summed E-state index contributed by atoms with van der Waals surface area (Å²) in [5.41, 5.74) is 0. The second-order valence-electron chi connectivity index (χ2n) is 4.36. The van der Waals surface area contributed by atoms with Gasteiger partial charge in [-0.3, -0.25) is 0 Å². The number of hydrogen-bond acceptors (Lipinski definition) is 4. The van der Waals surface area contributed by atoms with Crippen LogP contribution in [0.2, 0.25) is 0 Å². The maximum absolute atomic E-state index is 9.52. The van der Waals surface area contributed by atoms with E-state index in [1.54, 1.807) is 0 Å². The smallest absolute Gasteiger partial charge is 0.158 e. The van der Waals surface area contributed by atoms with Gasteiger partial charge in [0.15, 0.2) is 6.29 Å². The Hall–Kier alpha value is -0.860. The summed E-state index contributed by atoms with van der Waals surface area (Å²) in [6, 6.07) is 0. The molecule has 1 aliphatic heterocycles. The maximum atomic E-state index is 9.52. The van der Waals surface area contributed by atoms with Crippen molar-refractivity contribution in [1.82, 2.24) is 0 Å². The molecule has 1 saturated heterocycles. The Labute approximate surface area is 109 Å². The molecule has 0 bridgehead atoms. The summed E-state index contributed by atoms with van der Waals surface area (Å²) in [4.78, 5) is 0. The van der Waals surface area contributed by atoms with Crippen LogP contribution < -0.4 is 0 Å².